The van der Waals surface area contributed by atoms with Crippen LogP contribution < -0.4 is 0 Å². The Morgan fingerprint density at radius 1 is 1.30 bits per heavy atom. The first kappa shape index (κ1) is 18.0. The predicted molar refractivity (Wildman–Crippen MR) is 93.3 cm³/mol. The van der Waals surface area contributed by atoms with Crippen molar-refractivity contribution in [3.8, 4) is 6.07 Å². The minimum absolute atomic E-state index is 0.0488. The SMILES string of the molecule is C=CCN(Cc1ccc(Cl)s1)S(=O)(=O)c1cc(Cl)ccc1C#N. The highest BCUT2D eigenvalue weighted by molar-refractivity contribution is 7.89. The van der Waals surface area contributed by atoms with E-state index in [0.717, 1.165) is 4.88 Å². The third kappa shape index (κ3) is 4.14. The van der Waals surface area contributed by atoms with Gasteiger partial charge in [0.05, 0.1) is 9.90 Å². The van der Waals surface area contributed by atoms with Crippen LogP contribution in [0.3, 0.4) is 0 Å². The molecule has 0 spiro atoms. The monoisotopic (exact) mass is 386 g/mol. The number of nitriles is 1. The van der Waals surface area contributed by atoms with Crippen LogP contribution in [-0.4, -0.2) is 19.3 Å². The first-order valence-corrected chi connectivity index (χ1v) is 9.44. The molecule has 0 radical (unpaired) electrons. The zero-order chi connectivity index (χ0) is 17.0. The van der Waals surface area contributed by atoms with Crippen molar-refractivity contribution in [2.24, 2.45) is 0 Å². The Bertz CT molecular complexity index is 870. The summed E-state index contributed by atoms with van der Waals surface area (Å²) >= 11 is 13.1. The van der Waals surface area contributed by atoms with Crippen molar-refractivity contribution >= 4 is 44.6 Å². The number of halogens is 2. The third-order valence-corrected chi connectivity index (χ3v) is 6.28. The Balaban J connectivity index is 2.47. The van der Waals surface area contributed by atoms with Gasteiger partial charge < -0.3 is 0 Å². The van der Waals surface area contributed by atoms with Crippen LogP contribution >= 0.6 is 34.5 Å². The number of benzene rings is 1. The van der Waals surface area contributed by atoms with E-state index in [4.69, 9.17) is 28.5 Å². The summed E-state index contributed by atoms with van der Waals surface area (Å²) in [6, 6.07) is 9.52. The van der Waals surface area contributed by atoms with E-state index >= 15 is 0 Å². The Kier molecular flexibility index (Phi) is 5.84. The molecule has 120 valence electrons. The molecule has 1 heterocycles. The second-order valence-corrected chi connectivity index (χ2v) is 8.69. The largest absolute Gasteiger partial charge is 0.245 e. The number of hydrogen-bond donors (Lipinski definition) is 0. The molecule has 0 aliphatic heterocycles. The summed E-state index contributed by atoms with van der Waals surface area (Å²) in [5, 5.41) is 9.42. The van der Waals surface area contributed by atoms with Gasteiger partial charge in [0.15, 0.2) is 0 Å². The molecule has 0 aliphatic carbocycles. The summed E-state index contributed by atoms with van der Waals surface area (Å²) in [5.74, 6) is 0. The molecular formula is C15H12Cl2N2O2S2. The molecule has 2 rings (SSSR count). The van der Waals surface area contributed by atoms with Gasteiger partial charge in [-0.2, -0.15) is 9.57 Å². The highest BCUT2D eigenvalue weighted by atomic mass is 35.5. The fraction of sp³-hybridized carbons (Fsp3) is 0.133. The number of thiophene rings is 1. The van der Waals surface area contributed by atoms with Crippen LogP contribution in [0.25, 0.3) is 0 Å². The average Bonchev–Trinajstić information content (AvgIpc) is 2.92. The van der Waals surface area contributed by atoms with Crippen LogP contribution in [0.5, 0.6) is 0 Å². The minimum atomic E-state index is -3.90. The van der Waals surface area contributed by atoms with E-state index in [9.17, 15) is 8.42 Å². The quantitative estimate of drug-likeness (QED) is 0.695. The van der Waals surface area contributed by atoms with Gasteiger partial charge in [0.2, 0.25) is 10.0 Å². The average molecular weight is 387 g/mol. The third-order valence-electron chi connectivity index (χ3n) is 2.98. The first-order valence-electron chi connectivity index (χ1n) is 6.43. The summed E-state index contributed by atoms with van der Waals surface area (Å²) in [6.07, 6.45) is 1.49. The number of hydrogen-bond acceptors (Lipinski definition) is 4. The smallest absolute Gasteiger partial charge is 0.207 e. The van der Waals surface area contributed by atoms with E-state index < -0.39 is 10.0 Å². The second-order valence-electron chi connectivity index (χ2n) is 4.54. The predicted octanol–water partition coefficient (Wildman–Crippen LogP) is 4.30. The van der Waals surface area contributed by atoms with Gasteiger partial charge in [-0.1, -0.05) is 29.3 Å². The maximum absolute atomic E-state index is 12.9. The van der Waals surface area contributed by atoms with Crippen LogP contribution in [-0.2, 0) is 16.6 Å². The van der Waals surface area contributed by atoms with Crippen molar-refractivity contribution in [3.05, 3.63) is 62.8 Å². The number of nitrogens with zero attached hydrogens (tertiary/aromatic N) is 2. The van der Waals surface area contributed by atoms with Crippen LogP contribution in [0.2, 0.25) is 9.36 Å². The van der Waals surface area contributed by atoms with E-state index in [1.807, 2.05) is 6.07 Å². The van der Waals surface area contributed by atoms with E-state index in [1.165, 1.54) is 39.9 Å². The zero-order valence-corrected chi connectivity index (χ0v) is 15.0. The van der Waals surface area contributed by atoms with E-state index in [2.05, 4.69) is 6.58 Å². The minimum Gasteiger partial charge on any atom is -0.207 e. The molecule has 4 nitrogen and oxygen atoms in total. The standard InChI is InChI=1S/C15H12Cl2N2O2S2/c1-2-7-19(10-13-5-6-15(17)22-13)23(20,21)14-8-12(16)4-3-11(14)9-18/h2-6,8H,1,7,10H2. The highest BCUT2D eigenvalue weighted by Gasteiger charge is 2.27. The molecule has 0 atom stereocenters. The molecule has 1 aromatic heterocycles. The summed E-state index contributed by atoms with van der Waals surface area (Å²) in [7, 11) is -3.90. The fourth-order valence-corrected chi connectivity index (χ4v) is 4.92. The molecule has 0 bridgehead atoms. The van der Waals surface area contributed by atoms with E-state index in [0.29, 0.717) is 4.34 Å². The molecule has 2 aromatic rings. The van der Waals surface area contributed by atoms with Gasteiger partial charge in [-0.3, -0.25) is 0 Å². The van der Waals surface area contributed by atoms with Crippen LogP contribution in [0.15, 0.2) is 47.9 Å². The van der Waals surface area contributed by atoms with Gasteiger partial charge in [0, 0.05) is 23.0 Å². The molecule has 0 amide bonds. The lowest BCUT2D eigenvalue weighted by Crippen LogP contribution is -2.31. The summed E-state index contributed by atoms with van der Waals surface area (Å²) in [5.41, 5.74) is 0.0488. The normalized spacial score (nSPS) is 11.4. The lowest BCUT2D eigenvalue weighted by molar-refractivity contribution is 0.441. The first-order chi connectivity index (χ1) is 10.9. The van der Waals surface area contributed by atoms with Crippen LogP contribution in [0.1, 0.15) is 10.4 Å². The van der Waals surface area contributed by atoms with E-state index in [1.54, 1.807) is 12.1 Å². The molecule has 0 aliphatic rings. The molecule has 0 N–H and O–H groups in total. The Morgan fingerprint density at radius 3 is 2.61 bits per heavy atom. The lowest BCUT2D eigenvalue weighted by atomic mass is 10.2. The summed E-state index contributed by atoms with van der Waals surface area (Å²) < 4.78 is 27.6. The van der Waals surface area contributed by atoms with Gasteiger partial charge in [-0.25, -0.2) is 8.42 Å². The summed E-state index contributed by atoms with van der Waals surface area (Å²) in [6.45, 7) is 3.84. The Morgan fingerprint density at radius 2 is 2.04 bits per heavy atom. The zero-order valence-electron chi connectivity index (χ0n) is 11.9. The van der Waals surface area contributed by atoms with Gasteiger partial charge in [0.1, 0.15) is 11.0 Å². The van der Waals surface area contributed by atoms with Crippen LogP contribution in [0, 0.1) is 11.3 Å². The highest BCUT2D eigenvalue weighted by Crippen LogP contribution is 2.28. The van der Waals surface area contributed by atoms with Gasteiger partial charge in [-0.05, 0) is 30.3 Å². The van der Waals surface area contributed by atoms with Crippen LogP contribution in [0.4, 0.5) is 0 Å². The van der Waals surface area contributed by atoms with Gasteiger partial charge in [0.25, 0.3) is 0 Å². The van der Waals surface area contributed by atoms with Crippen molar-refractivity contribution in [2.45, 2.75) is 11.4 Å². The van der Waals surface area contributed by atoms with Crippen molar-refractivity contribution < 1.29 is 8.42 Å². The maximum Gasteiger partial charge on any atom is 0.245 e. The molecule has 0 saturated heterocycles. The molecule has 23 heavy (non-hydrogen) atoms. The maximum atomic E-state index is 12.9. The molecule has 1 aromatic carbocycles. The fourth-order valence-electron chi connectivity index (χ4n) is 1.94. The lowest BCUT2D eigenvalue weighted by Gasteiger charge is -2.20. The van der Waals surface area contributed by atoms with Gasteiger partial charge in [-0.15, -0.1) is 17.9 Å². The van der Waals surface area contributed by atoms with Crippen molar-refractivity contribution in [1.82, 2.24) is 4.31 Å². The molecule has 8 heteroatoms. The molecule has 0 saturated carbocycles. The summed E-state index contributed by atoms with van der Waals surface area (Å²) in [4.78, 5) is 0.679. The Hall–Kier alpha value is -1.36. The second kappa shape index (κ2) is 7.47. The van der Waals surface area contributed by atoms with Crippen molar-refractivity contribution in [2.75, 3.05) is 6.54 Å². The van der Waals surface area contributed by atoms with Crippen molar-refractivity contribution in [1.29, 1.82) is 5.26 Å². The molecule has 0 unspecified atom stereocenters. The number of sulfonamides is 1. The molecular weight excluding hydrogens is 375 g/mol. The number of rotatable bonds is 6. The van der Waals surface area contributed by atoms with Gasteiger partial charge >= 0.3 is 0 Å². The van der Waals surface area contributed by atoms with Crippen molar-refractivity contribution in [3.63, 3.8) is 0 Å². The van der Waals surface area contributed by atoms with E-state index in [-0.39, 0.29) is 28.6 Å². The Labute approximate surface area is 149 Å². The topological polar surface area (TPSA) is 61.2 Å². The molecule has 0 fully saturated rings.